The minimum Gasteiger partial charge on any atom is -0.490 e. The summed E-state index contributed by atoms with van der Waals surface area (Å²) in [4.78, 5) is 0.0491. The van der Waals surface area contributed by atoms with Crippen LogP contribution < -0.4 is 14.8 Å². The Labute approximate surface area is 123 Å². The zero-order valence-electron chi connectivity index (χ0n) is 11.1. The molecule has 0 aliphatic carbocycles. The molecule has 1 aliphatic rings. The number of benzene rings is 1. The van der Waals surface area contributed by atoms with E-state index in [1.54, 1.807) is 19.2 Å². The van der Waals surface area contributed by atoms with Gasteiger partial charge < -0.3 is 14.8 Å². The number of hydrogen-bond donors (Lipinski definition) is 2. The summed E-state index contributed by atoms with van der Waals surface area (Å²) < 4.78 is 37.6. The van der Waals surface area contributed by atoms with Crippen LogP contribution in [0.4, 0.5) is 0 Å². The molecule has 0 amide bonds. The molecular formula is C12H17ClN2O4S. The van der Waals surface area contributed by atoms with E-state index in [0.717, 1.165) is 0 Å². The Morgan fingerprint density at radius 1 is 1.40 bits per heavy atom. The lowest BCUT2D eigenvalue weighted by atomic mass is 10.2. The maximum Gasteiger partial charge on any atom is 0.244 e. The van der Waals surface area contributed by atoms with Gasteiger partial charge in [0.2, 0.25) is 10.0 Å². The molecule has 0 saturated carbocycles. The van der Waals surface area contributed by atoms with Gasteiger partial charge in [0, 0.05) is 31.3 Å². The highest BCUT2D eigenvalue weighted by Gasteiger charge is 2.27. The molecule has 0 bridgehead atoms. The maximum absolute atomic E-state index is 12.3. The smallest absolute Gasteiger partial charge is 0.244 e. The quantitative estimate of drug-likeness (QED) is 0.720. The first-order valence-electron chi connectivity index (χ1n) is 6.17. The van der Waals surface area contributed by atoms with Gasteiger partial charge >= 0.3 is 0 Å². The second-order valence-electron chi connectivity index (χ2n) is 4.41. The van der Waals surface area contributed by atoms with E-state index in [2.05, 4.69) is 10.0 Å². The lowest BCUT2D eigenvalue weighted by Gasteiger charge is -2.28. The van der Waals surface area contributed by atoms with E-state index in [1.165, 1.54) is 6.07 Å². The molecule has 1 aromatic rings. The largest absolute Gasteiger partial charge is 0.490 e. The molecule has 1 aromatic carbocycles. The van der Waals surface area contributed by atoms with Crippen LogP contribution in [0.25, 0.3) is 0 Å². The van der Waals surface area contributed by atoms with Crippen LogP contribution in [0.15, 0.2) is 23.1 Å². The molecule has 0 unspecified atom stereocenters. The molecule has 0 aromatic heterocycles. The maximum atomic E-state index is 12.3. The summed E-state index contributed by atoms with van der Waals surface area (Å²) in [6, 6.07) is 4.43. The van der Waals surface area contributed by atoms with Crippen LogP contribution in [0.5, 0.6) is 5.75 Å². The van der Waals surface area contributed by atoms with Crippen molar-refractivity contribution in [3.63, 3.8) is 0 Å². The number of ether oxygens (including phenoxy) is 2. The number of hydrogen-bond acceptors (Lipinski definition) is 5. The molecular weight excluding hydrogens is 304 g/mol. The molecule has 1 fully saturated rings. The standard InChI is InChI=1S/C12H17ClN2O4S/c1-18-4-5-19-11-3-2-9(13)6-12(11)20(16,17)15-10-7-14-8-10/h2-3,6,10,14-15H,4-5,7-8H2,1H3. The van der Waals surface area contributed by atoms with Gasteiger partial charge in [0.1, 0.15) is 17.3 Å². The second kappa shape index (κ2) is 6.73. The Hall–Kier alpha value is -0.860. The van der Waals surface area contributed by atoms with E-state index in [9.17, 15) is 8.42 Å². The molecule has 0 spiro atoms. The molecule has 0 atom stereocenters. The van der Waals surface area contributed by atoms with Crippen molar-refractivity contribution >= 4 is 21.6 Å². The van der Waals surface area contributed by atoms with Gasteiger partial charge in [-0.05, 0) is 18.2 Å². The third-order valence-corrected chi connectivity index (χ3v) is 4.62. The third kappa shape index (κ3) is 3.83. The molecule has 2 N–H and O–H groups in total. The number of halogens is 1. The first kappa shape index (κ1) is 15.5. The predicted octanol–water partition coefficient (Wildman–Crippen LogP) is 0.615. The average molecular weight is 321 g/mol. The van der Waals surface area contributed by atoms with E-state index in [4.69, 9.17) is 21.1 Å². The van der Waals surface area contributed by atoms with Crippen molar-refractivity contribution < 1.29 is 17.9 Å². The van der Waals surface area contributed by atoms with E-state index >= 15 is 0 Å². The van der Waals surface area contributed by atoms with Crippen molar-refractivity contribution in [1.29, 1.82) is 0 Å². The molecule has 1 saturated heterocycles. The van der Waals surface area contributed by atoms with Gasteiger partial charge in [-0.3, -0.25) is 0 Å². The summed E-state index contributed by atoms with van der Waals surface area (Å²) in [6.45, 7) is 1.90. The number of nitrogens with one attached hydrogen (secondary N) is 2. The number of methoxy groups -OCH3 is 1. The van der Waals surface area contributed by atoms with Crippen LogP contribution in [0.2, 0.25) is 5.02 Å². The highest BCUT2D eigenvalue weighted by Crippen LogP contribution is 2.27. The number of rotatable bonds is 7. The summed E-state index contributed by atoms with van der Waals surface area (Å²) in [7, 11) is -2.10. The van der Waals surface area contributed by atoms with Crippen molar-refractivity contribution in [2.45, 2.75) is 10.9 Å². The van der Waals surface area contributed by atoms with Crippen LogP contribution in [-0.2, 0) is 14.8 Å². The molecule has 8 heteroatoms. The fourth-order valence-electron chi connectivity index (χ4n) is 1.70. The van der Waals surface area contributed by atoms with Crippen LogP contribution in [0.3, 0.4) is 0 Å². The van der Waals surface area contributed by atoms with Gasteiger partial charge in [0.05, 0.1) is 6.61 Å². The van der Waals surface area contributed by atoms with E-state index in [1.807, 2.05) is 0 Å². The molecule has 6 nitrogen and oxygen atoms in total. The van der Waals surface area contributed by atoms with Gasteiger partial charge in [0.25, 0.3) is 0 Å². The fourth-order valence-corrected chi connectivity index (χ4v) is 3.34. The van der Waals surface area contributed by atoms with E-state index < -0.39 is 10.0 Å². The molecule has 112 valence electrons. The van der Waals surface area contributed by atoms with Gasteiger partial charge in [0.15, 0.2) is 0 Å². The van der Waals surface area contributed by atoms with Crippen molar-refractivity contribution in [3.05, 3.63) is 23.2 Å². The van der Waals surface area contributed by atoms with E-state index in [-0.39, 0.29) is 23.3 Å². The Morgan fingerprint density at radius 2 is 2.15 bits per heavy atom. The highest BCUT2D eigenvalue weighted by molar-refractivity contribution is 7.89. The van der Waals surface area contributed by atoms with E-state index in [0.29, 0.717) is 24.7 Å². The van der Waals surface area contributed by atoms with Gasteiger partial charge in [-0.1, -0.05) is 11.6 Å². The van der Waals surface area contributed by atoms with Crippen molar-refractivity contribution in [3.8, 4) is 5.75 Å². The summed E-state index contributed by atoms with van der Waals surface area (Å²) in [6.07, 6.45) is 0. The lowest BCUT2D eigenvalue weighted by molar-refractivity contribution is 0.144. The van der Waals surface area contributed by atoms with Gasteiger partial charge in [-0.2, -0.15) is 0 Å². The van der Waals surface area contributed by atoms with Crippen molar-refractivity contribution in [2.24, 2.45) is 0 Å². The minimum absolute atomic E-state index is 0.0491. The first-order valence-corrected chi connectivity index (χ1v) is 8.03. The highest BCUT2D eigenvalue weighted by atomic mass is 35.5. The Kier molecular flexibility index (Phi) is 5.22. The summed E-state index contributed by atoms with van der Waals surface area (Å²) in [5, 5.41) is 3.35. The van der Waals surface area contributed by atoms with Crippen LogP contribution in [-0.4, -0.2) is 47.9 Å². The predicted molar refractivity (Wildman–Crippen MR) is 75.8 cm³/mol. The van der Waals surface area contributed by atoms with Crippen LogP contribution >= 0.6 is 11.6 Å². The Morgan fingerprint density at radius 3 is 2.75 bits per heavy atom. The van der Waals surface area contributed by atoms with Crippen molar-refractivity contribution in [2.75, 3.05) is 33.4 Å². The average Bonchev–Trinajstić information content (AvgIpc) is 2.36. The molecule has 1 heterocycles. The second-order valence-corrected chi connectivity index (χ2v) is 6.53. The monoisotopic (exact) mass is 320 g/mol. The SMILES string of the molecule is COCCOc1ccc(Cl)cc1S(=O)(=O)NC1CNC1. The summed E-state index contributed by atoms with van der Waals surface area (Å²) in [5.41, 5.74) is 0. The zero-order valence-corrected chi connectivity index (χ0v) is 12.6. The molecule has 20 heavy (non-hydrogen) atoms. The number of sulfonamides is 1. The van der Waals surface area contributed by atoms with Gasteiger partial charge in [-0.25, -0.2) is 13.1 Å². The zero-order chi connectivity index (χ0) is 14.6. The molecule has 0 radical (unpaired) electrons. The Bertz CT molecular complexity index is 561. The molecule has 1 aliphatic heterocycles. The van der Waals surface area contributed by atoms with Gasteiger partial charge in [-0.15, -0.1) is 0 Å². The first-order chi connectivity index (χ1) is 9.53. The van der Waals surface area contributed by atoms with Crippen LogP contribution in [0, 0.1) is 0 Å². The topological polar surface area (TPSA) is 76.7 Å². The fraction of sp³-hybridized carbons (Fsp3) is 0.500. The normalized spacial score (nSPS) is 15.9. The van der Waals surface area contributed by atoms with Crippen molar-refractivity contribution in [1.82, 2.24) is 10.0 Å². The van der Waals surface area contributed by atoms with Crippen LogP contribution in [0.1, 0.15) is 0 Å². The summed E-state index contributed by atoms with van der Waals surface area (Å²) >= 11 is 5.88. The minimum atomic E-state index is -3.65. The Balaban J connectivity index is 2.20. The molecule has 2 rings (SSSR count). The third-order valence-electron chi connectivity index (χ3n) is 2.84. The lowest BCUT2D eigenvalue weighted by Crippen LogP contribution is -2.56. The summed E-state index contributed by atoms with van der Waals surface area (Å²) in [5.74, 6) is 0.270.